The van der Waals surface area contributed by atoms with Crippen LogP contribution in [0.4, 0.5) is 0 Å². The van der Waals surface area contributed by atoms with Gasteiger partial charge in [0.05, 0.1) is 37.4 Å². The van der Waals surface area contributed by atoms with E-state index in [1.54, 1.807) is 13.8 Å². The Kier molecular flexibility index (Phi) is 16.3. The molecule has 0 radical (unpaired) electrons. The lowest BCUT2D eigenvalue weighted by molar-refractivity contribution is -0.159. The van der Waals surface area contributed by atoms with Crippen LogP contribution >= 0.6 is 0 Å². The molecule has 4 rings (SSSR count). The van der Waals surface area contributed by atoms with Gasteiger partial charge in [0.2, 0.25) is 0 Å². The number of aliphatic hydroxyl groups excluding tert-OH is 2. The van der Waals surface area contributed by atoms with Crippen molar-refractivity contribution in [3.05, 3.63) is 82.4 Å². The largest absolute Gasteiger partial charge is 0.465 e. The zero-order chi connectivity index (χ0) is 36.8. The van der Waals surface area contributed by atoms with Crippen LogP contribution in [0.5, 0.6) is 0 Å². The van der Waals surface area contributed by atoms with Gasteiger partial charge in [-0.1, -0.05) is 75.7 Å². The lowest BCUT2D eigenvalue weighted by atomic mass is 9.67. The summed E-state index contributed by atoms with van der Waals surface area (Å²) in [5.41, 5.74) is 6.47. The maximum absolute atomic E-state index is 12.6. The highest BCUT2D eigenvalue weighted by atomic mass is 16.5. The van der Waals surface area contributed by atoms with Crippen molar-refractivity contribution in [2.45, 2.75) is 130 Å². The maximum Gasteiger partial charge on any atom is 0.335 e. The Balaban J connectivity index is 1.23. The topological polar surface area (TPSA) is 93.1 Å². The van der Waals surface area contributed by atoms with Gasteiger partial charge in [0, 0.05) is 5.92 Å². The number of aryl methyl sites for hydroxylation is 4. The van der Waals surface area contributed by atoms with Gasteiger partial charge in [0.1, 0.15) is 0 Å². The van der Waals surface area contributed by atoms with E-state index in [1.165, 1.54) is 79.2 Å². The Bertz CT molecular complexity index is 1380. The van der Waals surface area contributed by atoms with Crippen LogP contribution in [0.15, 0.2) is 54.6 Å². The van der Waals surface area contributed by atoms with Crippen molar-refractivity contribution < 1.29 is 29.3 Å². The SMILES string of the molecule is C=C(CO)C(=O)OCC(COC(=O)C(C)(C)CO)C1CCC(C2CCC(c3ccc(CCc4ccc(CCCCC)c(CC)c4)cc3)CC2)CC1. The van der Waals surface area contributed by atoms with E-state index in [2.05, 4.69) is 62.9 Å². The van der Waals surface area contributed by atoms with Gasteiger partial charge in [-0.25, -0.2) is 4.79 Å². The van der Waals surface area contributed by atoms with Gasteiger partial charge in [-0.2, -0.15) is 0 Å². The lowest BCUT2D eigenvalue weighted by Crippen LogP contribution is -2.36. The fourth-order valence-electron chi connectivity index (χ4n) is 8.34. The van der Waals surface area contributed by atoms with Crippen LogP contribution in [0.25, 0.3) is 0 Å². The molecule has 1 atom stereocenters. The molecular formula is C45H66O6. The molecule has 0 saturated heterocycles. The molecular weight excluding hydrogens is 636 g/mol. The van der Waals surface area contributed by atoms with Crippen LogP contribution in [0, 0.1) is 29.1 Å². The second-order valence-corrected chi connectivity index (χ2v) is 16.2. The molecule has 6 heteroatoms. The summed E-state index contributed by atoms with van der Waals surface area (Å²) in [5, 5.41) is 18.8. The Morgan fingerprint density at radius 1 is 0.784 bits per heavy atom. The molecule has 2 aromatic carbocycles. The predicted octanol–water partition coefficient (Wildman–Crippen LogP) is 9.12. The number of aliphatic hydroxyl groups is 2. The van der Waals surface area contributed by atoms with E-state index in [0.29, 0.717) is 11.8 Å². The molecule has 1 unspecified atom stereocenters. The van der Waals surface area contributed by atoms with Gasteiger partial charge >= 0.3 is 11.9 Å². The van der Waals surface area contributed by atoms with Crippen LogP contribution in [0.2, 0.25) is 0 Å². The first-order chi connectivity index (χ1) is 24.6. The minimum atomic E-state index is -0.982. The first kappa shape index (κ1) is 40.8. The number of rotatable bonds is 19. The number of benzene rings is 2. The van der Waals surface area contributed by atoms with Crippen molar-refractivity contribution in [3.8, 4) is 0 Å². The molecule has 6 nitrogen and oxygen atoms in total. The van der Waals surface area contributed by atoms with E-state index in [-0.39, 0.29) is 37.2 Å². The normalized spacial score (nSPS) is 21.5. The highest BCUT2D eigenvalue weighted by molar-refractivity contribution is 5.87. The molecule has 0 spiro atoms. The fourth-order valence-corrected chi connectivity index (χ4v) is 8.34. The Hall–Kier alpha value is -2.96. The van der Waals surface area contributed by atoms with Crippen molar-refractivity contribution in [3.63, 3.8) is 0 Å². The molecule has 51 heavy (non-hydrogen) atoms. The third kappa shape index (κ3) is 12.0. The zero-order valence-corrected chi connectivity index (χ0v) is 32.1. The fraction of sp³-hybridized carbons (Fsp3) is 0.644. The first-order valence-corrected chi connectivity index (χ1v) is 20.0. The van der Waals surface area contributed by atoms with Crippen molar-refractivity contribution in [2.24, 2.45) is 29.1 Å². The molecule has 0 amide bonds. The van der Waals surface area contributed by atoms with Gasteiger partial charge in [-0.15, -0.1) is 0 Å². The van der Waals surface area contributed by atoms with Crippen molar-refractivity contribution in [2.75, 3.05) is 26.4 Å². The molecule has 2 aliphatic carbocycles. The number of hydrogen-bond donors (Lipinski definition) is 2. The second kappa shape index (κ2) is 20.3. The number of esters is 2. The van der Waals surface area contributed by atoms with E-state index in [1.807, 2.05) is 0 Å². The zero-order valence-electron chi connectivity index (χ0n) is 32.1. The Morgan fingerprint density at radius 3 is 2.00 bits per heavy atom. The average Bonchev–Trinajstić information content (AvgIpc) is 3.17. The molecule has 282 valence electrons. The molecule has 2 N–H and O–H groups in total. The summed E-state index contributed by atoms with van der Waals surface area (Å²) in [5.74, 6) is 1.17. The van der Waals surface area contributed by atoms with Crippen LogP contribution in [-0.2, 0) is 44.7 Å². The molecule has 0 aromatic heterocycles. The first-order valence-electron chi connectivity index (χ1n) is 20.0. The molecule has 0 bridgehead atoms. The molecule has 0 heterocycles. The Labute approximate surface area is 308 Å². The standard InChI is InChI=1S/C45H66O6/c1-6-8-9-10-36-18-15-34(27-35(36)7-2)12-11-33-13-16-37(17-14-33)38-19-21-39(22-20-38)40-23-25-41(26-24-40)42(29-50-43(48)32(3)28-46)30-51-44(49)45(4,5)31-47/h13-18,27,38-42,46-47H,3,6-12,19-26,28-31H2,1-2,4-5H3. The minimum absolute atomic E-state index is 0.0160. The van der Waals surface area contributed by atoms with Crippen LogP contribution in [0.3, 0.4) is 0 Å². The van der Waals surface area contributed by atoms with Gasteiger partial charge in [0.25, 0.3) is 0 Å². The lowest BCUT2D eigenvalue weighted by Gasteiger charge is -2.39. The number of hydrogen-bond acceptors (Lipinski definition) is 6. The molecule has 2 aliphatic rings. The summed E-state index contributed by atoms with van der Waals surface area (Å²) in [7, 11) is 0. The minimum Gasteiger partial charge on any atom is -0.465 e. The van der Waals surface area contributed by atoms with Crippen LogP contribution in [0.1, 0.15) is 132 Å². The molecule has 2 saturated carbocycles. The number of carbonyl (C=O) groups is 2. The van der Waals surface area contributed by atoms with Gasteiger partial charge in [-0.05, 0) is 149 Å². The van der Waals surface area contributed by atoms with Gasteiger partial charge in [-0.3, -0.25) is 4.79 Å². The van der Waals surface area contributed by atoms with Crippen molar-refractivity contribution >= 4 is 11.9 Å². The summed E-state index contributed by atoms with van der Waals surface area (Å²) in [6.45, 7) is 11.0. The van der Waals surface area contributed by atoms with E-state index >= 15 is 0 Å². The van der Waals surface area contributed by atoms with Gasteiger partial charge in [0.15, 0.2) is 0 Å². The average molecular weight is 703 g/mol. The van der Waals surface area contributed by atoms with Crippen molar-refractivity contribution in [1.29, 1.82) is 0 Å². The quantitative estimate of drug-likeness (QED) is 0.0862. The Morgan fingerprint density at radius 2 is 1.39 bits per heavy atom. The predicted molar refractivity (Wildman–Crippen MR) is 206 cm³/mol. The highest BCUT2D eigenvalue weighted by Gasteiger charge is 2.36. The maximum atomic E-state index is 12.6. The number of ether oxygens (including phenoxy) is 2. The van der Waals surface area contributed by atoms with E-state index in [4.69, 9.17) is 9.47 Å². The molecule has 2 fully saturated rings. The molecule has 0 aliphatic heterocycles. The smallest absolute Gasteiger partial charge is 0.335 e. The summed E-state index contributed by atoms with van der Waals surface area (Å²) < 4.78 is 11.1. The van der Waals surface area contributed by atoms with E-state index in [9.17, 15) is 19.8 Å². The number of carbonyl (C=O) groups excluding carboxylic acids is 2. The van der Waals surface area contributed by atoms with E-state index < -0.39 is 24.0 Å². The summed E-state index contributed by atoms with van der Waals surface area (Å²) >= 11 is 0. The van der Waals surface area contributed by atoms with Crippen molar-refractivity contribution in [1.82, 2.24) is 0 Å². The summed E-state index contributed by atoms with van der Waals surface area (Å²) in [6, 6.07) is 16.7. The van der Waals surface area contributed by atoms with Crippen LogP contribution < -0.4 is 0 Å². The second-order valence-electron chi connectivity index (χ2n) is 16.2. The van der Waals surface area contributed by atoms with Crippen LogP contribution in [-0.4, -0.2) is 48.6 Å². The monoisotopic (exact) mass is 702 g/mol. The summed E-state index contributed by atoms with van der Waals surface area (Å²) in [4.78, 5) is 24.8. The number of unbranched alkanes of at least 4 members (excludes halogenated alkanes) is 2. The summed E-state index contributed by atoms with van der Waals surface area (Å²) in [6.07, 6.45) is 17.7. The highest BCUT2D eigenvalue weighted by Crippen LogP contribution is 2.45. The molecule has 2 aromatic rings. The third-order valence-electron chi connectivity index (χ3n) is 12.1. The van der Waals surface area contributed by atoms with E-state index in [0.717, 1.165) is 50.9 Å². The third-order valence-corrected chi connectivity index (χ3v) is 12.1. The van der Waals surface area contributed by atoms with Gasteiger partial charge < -0.3 is 19.7 Å².